The number of benzene rings is 1. The molecule has 0 aliphatic carbocycles. The van der Waals surface area contributed by atoms with Crippen molar-refractivity contribution in [1.82, 2.24) is 15.5 Å². The van der Waals surface area contributed by atoms with Crippen LogP contribution < -0.4 is 14.5 Å². The smallest absolute Gasteiger partial charge is 0.339 e. The topological polar surface area (TPSA) is 122 Å². The minimum atomic E-state index is -2.26. The minimum absolute atomic E-state index is 0.0189. The highest BCUT2D eigenvalue weighted by atomic mass is 32.2. The van der Waals surface area contributed by atoms with Gasteiger partial charge in [0.15, 0.2) is 10.7 Å². The normalized spacial score (nSPS) is 11.7. The van der Waals surface area contributed by atoms with Crippen molar-refractivity contribution < 1.29 is 32.7 Å². The number of nitrogens with zero attached hydrogens (tertiary/aromatic N) is 2. The van der Waals surface area contributed by atoms with Gasteiger partial charge < -0.3 is 28.5 Å². The standard InChI is InChI=1S/C26H39N3O7S2Si/c1-16-19(33-7)14-20(36-39(8,9)26(3,4)5)18(21(16)25(31)34-12-11-32-6)15-38-13-10-27-23(30)22(37)24-28-17(2)29-35-24/h14H,10-13,15H2,1-9H3,(H,27,30). The van der Waals surface area contributed by atoms with Crippen LogP contribution in [0.4, 0.5) is 0 Å². The lowest BCUT2D eigenvalue weighted by Crippen LogP contribution is -2.44. The average molecular weight is 598 g/mol. The lowest BCUT2D eigenvalue weighted by atomic mass is 10.0. The van der Waals surface area contributed by atoms with Gasteiger partial charge in [0.25, 0.3) is 11.8 Å². The third kappa shape index (κ3) is 8.75. The van der Waals surface area contributed by atoms with E-state index >= 15 is 0 Å². The van der Waals surface area contributed by atoms with E-state index in [2.05, 4.69) is 49.3 Å². The number of carbonyl (C=O) groups excluding carboxylic acids is 2. The maximum absolute atomic E-state index is 13.3. The largest absolute Gasteiger partial charge is 0.543 e. The second-order valence-electron chi connectivity index (χ2n) is 10.3. The van der Waals surface area contributed by atoms with Gasteiger partial charge in [-0.1, -0.05) is 38.1 Å². The summed E-state index contributed by atoms with van der Waals surface area (Å²) in [5.41, 5.74) is 1.82. The predicted molar refractivity (Wildman–Crippen MR) is 158 cm³/mol. The van der Waals surface area contributed by atoms with E-state index in [9.17, 15) is 9.59 Å². The number of thioether (sulfide) groups is 1. The molecule has 0 saturated carbocycles. The number of aromatic nitrogens is 2. The van der Waals surface area contributed by atoms with Crippen LogP contribution in [0.3, 0.4) is 0 Å². The number of thiocarbonyl (C=S) groups is 1. The summed E-state index contributed by atoms with van der Waals surface area (Å²) in [6, 6.07) is 1.85. The van der Waals surface area contributed by atoms with Crippen molar-refractivity contribution in [3.63, 3.8) is 0 Å². The average Bonchev–Trinajstić information content (AvgIpc) is 3.29. The van der Waals surface area contributed by atoms with Crippen LogP contribution in [-0.2, 0) is 20.0 Å². The van der Waals surface area contributed by atoms with E-state index in [4.69, 9.17) is 35.4 Å². The highest BCUT2D eigenvalue weighted by molar-refractivity contribution is 7.98. The lowest BCUT2D eigenvalue weighted by Gasteiger charge is -2.37. The first-order chi connectivity index (χ1) is 18.2. The fourth-order valence-corrected chi connectivity index (χ4v) is 5.28. The molecule has 0 unspecified atom stereocenters. The Kier molecular flexibility index (Phi) is 11.9. The van der Waals surface area contributed by atoms with E-state index in [0.717, 1.165) is 5.56 Å². The molecule has 39 heavy (non-hydrogen) atoms. The zero-order chi connectivity index (χ0) is 29.4. The molecule has 0 aliphatic rings. The van der Waals surface area contributed by atoms with Crippen molar-refractivity contribution in [2.24, 2.45) is 0 Å². The molecule has 2 rings (SSSR count). The van der Waals surface area contributed by atoms with E-state index in [1.54, 1.807) is 32.9 Å². The number of methoxy groups -OCH3 is 2. The lowest BCUT2D eigenvalue weighted by molar-refractivity contribution is -0.114. The Hall–Kier alpha value is -2.48. The number of hydrogen-bond donors (Lipinski definition) is 1. The van der Waals surface area contributed by atoms with Gasteiger partial charge in [0.2, 0.25) is 8.32 Å². The Morgan fingerprint density at radius 2 is 1.85 bits per heavy atom. The van der Waals surface area contributed by atoms with Crippen molar-refractivity contribution in [3.05, 3.63) is 34.5 Å². The predicted octanol–water partition coefficient (Wildman–Crippen LogP) is 4.65. The molecule has 1 N–H and O–H groups in total. The summed E-state index contributed by atoms with van der Waals surface area (Å²) in [5, 5.41) is 6.37. The van der Waals surface area contributed by atoms with Crippen LogP contribution in [0.2, 0.25) is 18.1 Å². The van der Waals surface area contributed by atoms with Gasteiger partial charge in [-0.3, -0.25) is 4.79 Å². The van der Waals surface area contributed by atoms with Gasteiger partial charge in [-0.2, -0.15) is 16.7 Å². The fraction of sp³-hybridized carbons (Fsp3) is 0.577. The summed E-state index contributed by atoms with van der Waals surface area (Å²) in [4.78, 5) is 29.6. The maximum atomic E-state index is 13.3. The first-order valence-corrected chi connectivity index (χ1v) is 17.0. The molecule has 1 aromatic carbocycles. The van der Waals surface area contributed by atoms with Gasteiger partial charge in [-0.15, -0.1) is 0 Å². The first-order valence-electron chi connectivity index (χ1n) is 12.5. The molecule has 0 bridgehead atoms. The Morgan fingerprint density at radius 3 is 2.41 bits per heavy atom. The zero-order valence-corrected chi connectivity index (χ0v) is 26.8. The van der Waals surface area contributed by atoms with Gasteiger partial charge in [-0.25, -0.2) is 4.79 Å². The van der Waals surface area contributed by atoms with Gasteiger partial charge in [0, 0.05) is 42.4 Å². The van der Waals surface area contributed by atoms with Crippen LogP contribution in [0.5, 0.6) is 11.5 Å². The van der Waals surface area contributed by atoms with Crippen molar-refractivity contribution >= 4 is 49.0 Å². The third-order valence-electron chi connectivity index (χ3n) is 6.43. The Morgan fingerprint density at radius 1 is 1.15 bits per heavy atom. The molecule has 0 spiro atoms. The number of carbonyl (C=O) groups is 2. The van der Waals surface area contributed by atoms with Crippen LogP contribution in [0, 0.1) is 13.8 Å². The van der Waals surface area contributed by atoms with E-state index < -0.39 is 20.2 Å². The molecule has 10 nitrogen and oxygen atoms in total. The molecule has 1 heterocycles. The molecule has 2 aromatic rings. The van der Waals surface area contributed by atoms with Crippen LogP contribution in [0.1, 0.15) is 54.0 Å². The number of rotatable bonds is 14. The van der Waals surface area contributed by atoms with Crippen LogP contribution in [0.15, 0.2) is 10.6 Å². The molecular formula is C26H39N3O7S2Si. The van der Waals surface area contributed by atoms with Crippen molar-refractivity contribution in [2.75, 3.05) is 39.7 Å². The van der Waals surface area contributed by atoms with Gasteiger partial charge >= 0.3 is 5.97 Å². The summed E-state index contributed by atoms with van der Waals surface area (Å²) in [6.07, 6.45) is 0. The van der Waals surface area contributed by atoms with Crippen LogP contribution in [-0.4, -0.2) is 74.9 Å². The summed E-state index contributed by atoms with van der Waals surface area (Å²) in [6.45, 7) is 15.0. The molecule has 0 radical (unpaired) electrons. The zero-order valence-electron chi connectivity index (χ0n) is 24.2. The number of esters is 1. The monoisotopic (exact) mass is 597 g/mol. The van der Waals surface area contributed by atoms with E-state index in [1.165, 1.54) is 0 Å². The van der Waals surface area contributed by atoms with Crippen molar-refractivity contribution in [1.29, 1.82) is 0 Å². The molecule has 0 saturated heterocycles. The van der Waals surface area contributed by atoms with E-state index in [-0.39, 0.29) is 29.0 Å². The molecule has 0 fully saturated rings. The second kappa shape index (κ2) is 14.2. The Labute approximate surface area is 241 Å². The molecule has 1 aromatic heterocycles. The minimum Gasteiger partial charge on any atom is -0.543 e. The van der Waals surface area contributed by atoms with Crippen LogP contribution in [0.25, 0.3) is 0 Å². The first kappa shape index (κ1) is 32.7. The molecule has 1 amide bonds. The Balaban J connectivity index is 2.26. The highest BCUT2D eigenvalue weighted by Crippen LogP contribution is 2.42. The third-order valence-corrected chi connectivity index (χ3v) is 12.1. The molecule has 0 aliphatic heterocycles. The maximum Gasteiger partial charge on any atom is 0.339 e. The number of amides is 1. The number of hydrogen-bond acceptors (Lipinski definition) is 11. The number of aryl methyl sites for hydroxylation is 1. The van der Waals surface area contributed by atoms with E-state index in [1.807, 2.05) is 13.0 Å². The van der Waals surface area contributed by atoms with Gasteiger partial charge in [0.1, 0.15) is 18.1 Å². The summed E-state index contributed by atoms with van der Waals surface area (Å²) < 4.78 is 27.8. The Bertz CT molecular complexity index is 1180. The SMILES string of the molecule is COCCOC(=O)c1c(C)c(OC)cc(O[Si](C)(C)C(C)(C)C)c1CSCCNC(=O)C(=S)c1nc(C)no1. The molecule has 0 atom stereocenters. The summed E-state index contributed by atoms with van der Waals surface area (Å²) in [7, 11) is 0.853. The summed E-state index contributed by atoms with van der Waals surface area (Å²) in [5.74, 6) is 1.65. The highest BCUT2D eigenvalue weighted by Gasteiger charge is 2.40. The van der Waals surface area contributed by atoms with Gasteiger partial charge in [0.05, 0.1) is 19.3 Å². The van der Waals surface area contributed by atoms with Gasteiger partial charge in [-0.05, 0) is 32.0 Å². The van der Waals surface area contributed by atoms with Crippen molar-refractivity contribution in [2.45, 2.75) is 58.5 Å². The van der Waals surface area contributed by atoms with E-state index in [0.29, 0.717) is 46.5 Å². The molecule has 216 valence electrons. The quantitative estimate of drug-likeness (QED) is 0.108. The second-order valence-corrected chi connectivity index (χ2v) is 16.6. The fourth-order valence-electron chi connectivity index (χ4n) is 3.21. The molecular weight excluding hydrogens is 559 g/mol. The van der Waals surface area contributed by atoms with Crippen LogP contribution >= 0.6 is 24.0 Å². The summed E-state index contributed by atoms with van der Waals surface area (Å²) >= 11 is 6.68. The van der Waals surface area contributed by atoms with Crippen molar-refractivity contribution in [3.8, 4) is 11.5 Å². The number of ether oxygens (including phenoxy) is 3. The number of nitrogens with one attached hydrogen (secondary N) is 1. The molecule has 13 heteroatoms.